The molecule has 25 heavy (non-hydrogen) atoms. The standard InChI is InChI=1S/C20H22ClNO3/c1-4-7-15-10-11-18(19(12-15)24-3)25-13-20(23)22-14(2)16-8-5-6-9-17(16)21/h4-6,8-12,14H,1,7,13H2,2-3H3,(H,22,23). The number of hydrogen-bond donors (Lipinski definition) is 1. The molecule has 4 nitrogen and oxygen atoms in total. The highest BCUT2D eigenvalue weighted by molar-refractivity contribution is 6.31. The molecule has 0 aliphatic carbocycles. The molecule has 0 aliphatic rings. The molecule has 1 atom stereocenters. The van der Waals surface area contributed by atoms with Crippen molar-refractivity contribution in [2.45, 2.75) is 19.4 Å². The van der Waals surface area contributed by atoms with E-state index in [-0.39, 0.29) is 18.6 Å². The highest BCUT2D eigenvalue weighted by Crippen LogP contribution is 2.28. The van der Waals surface area contributed by atoms with E-state index in [1.54, 1.807) is 19.2 Å². The van der Waals surface area contributed by atoms with E-state index in [9.17, 15) is 4.79 Å². The van der Waals surface area contributed by atoms with Crippen molar-refractivity contribution >= 4 is 17.5 Å². The largest absolute Gasteiger partial charge is 0.493 e. The molecule has 2 aromatic rings. The van der Waals surface area contributed by atoms with E-state index in [2.05, 4.69) is 11.9 Å². The molecule has 0 fully saturated rings. The summed E-state index contributed by atoms with van der Waals surface area (Å²) in [6, 6.07) is 12.8. The van der Waals surface area contributed by atoms with Crippen LogP contribution in [0.15, 0.2) is 55.1 Å². The van der Waals surface area contributed by atoms with E-state index in [0.29, 0.717) is 16.5 Å². The van der Waals surface area contributed by atoms with Crippen LogP contribution in [0.5, 0.6) is 11.5 Å². The Kier molecular flexibility index (Phi) is 6.90. The Labute approximate surface area is 153 Å². The number of halogens is 1. The lowest BCUT2D eigenvalue weighted by atomic mass is 10.1. The first-order valence-electron chi connectivity index (χ1n) is 7.99. The van der Waals surface area contributed by atoms with Crippen molar-refractivity contribution in [3.8, 4) is 11.5 Å². The number of carbonyl (C=O) groups excluding carboxylic acids is 1. The van der Waals surface area contributed by atoms with Crippen LogP contribution < -0.4 is 14.8 Å². The maximum atomic E-state index is 12.1. The van der Waals surface area contributed by atoms with E-state index in [0.717, 1.165) is 17.5 Å². The van der Waals surface area contributed by atoms with Crippen molar-refractivity contribution in [1.29, 1.82) is 0 Å². The summed E-state index contributed by atoms with van der Waals surface area (Å²) in [5, 5.41) is 3.49. The molecule has 0 bridgehead atoms. The van der Waals surface area contributed by atoms with Gasteiger partial charge in [-0.3, -0.25) is 4.79 Å². The minimum absolute atomic E-state index is 0.105. The third-order valence-electron chi connectivity index (χ3n) is 3.72. The normalized spacial score (nSPS) is 11.5. The molecule has 0 spiro atoms. The van der Waals surface area contributed by atoms with Gasteiger partial charge in [-0.2, -0.15) is 0 Å². The van der Waals surface area contributed by atoms with Gasteiger partial charge < -0.3 is 14.8 Å². The Hall–Kier alpha value is -2.46. The van der Waals surface area contributed by atoms with Crippen LogP contribution in [0.4, 0.5) is 0 Å². The molecule has 1 amide bonds. The van der Waals surface area contributed by atoms with Crippen molar-refractivity contribution < 1.29 is 14.3 Å². The summed E-state index contributed by atoms with van der Waals surface area (Å²) in [7, 11) is 1.57. The fourth-order valence-electron chi connectivity index (χ4n) is 2.46. The molecule has 2 aromatic carbocycles. The monoisotopic (exact) mass is 359 g/mol. The quantitative estimate of drug-likeness (QED) is 0.713. The molecule has 1 unspecified atom stereocenters. The second-order valence-corrected chi connectivity index (χ2v) is 5.98. The summed E-state index contributed by atoms with van der Waals surface area (Å²) in [5.41, 5.74) is 1.93. The number of ether oxygens (including phenoxy) is 2. The van der Waals surface area contributed by atoms with Crippen molar-refractivity contribution in [3.63, 3.8) is 0 Å². The fourth-order valence-corrected chi connectivity index (χ4v) is 2.75. The number of allylic oxidation sites excluding steroid dienone is 1. The first kappa shape index (κ1) is 18.9. The van der Waals surface area contributed by atoms with E-state index >= 15 is 0 Å². The Bertz CT molecular complexity index is 745. The van der Waals surface area contributed by atoms with Crippen molar-refractivity contribution in [3.05, 3.63) is 71.3 Å². The number of hydrogen-bond acceptors (Lipinski definition) is 3. The SMILES string of the molecule is C=CCc1ccc(OCC(=O)NC(C)c2ccccc2Cl)c(OC)c1. The predicted molar refractivity (Wildman–Crippen MR) is 100 cm³/mol. The fraction of sp³-hybridized carbons (Fsp3) is 0.250. The zero-order valence-electron chi connectivity index (χ0n) is 14.4. The molecule has 0 heterocycles. The third kappa shape index (κ3) is 5.26. The number of nitrogens with one attached hydrogen (secondary N) is 1. The molecule has 0 saturated carbocycles. The first-order chi connectivity index (χ1) is 12.0. The van der Waals surface area contributed by atoms with Gasteiger partial charge in [0.2, 0.25) is 0 Å². The average Bonchev–Trinajstić information content (AvgIpc) is 2.61. The van der Waals surface area contributed by atoms with Gasteiger partial charge in [0.1, 0.15) is 0 Å². The molecule has 132 valence electrons. The van der Waals surface area contributed by atoms with E-state index in [1.807, 2.05) is 43.3 Å². The summed E-state index contributed by atoms with van der Waals surface area (Å²) in [5.74, 6) is 0.881. The third-order valence-corrected chi connectivity index (χ3v) is 4.06. The lowest BCUT2D eigenvalue weighted by Gasteiger charge is -2.16. The van der Waals surface area contributed by atoms with Crippen LogP contribution in [0.2, 0.25) is 5.02 Å². The van der Waals surface area contributed by atoms with Gasteiger partial charge in [0.05, 0.1) is 13.2 Å². The number of carbonyl (C=O) groups is 1. The van der Waals surface area contributed by atoms with E-state index < -0.39 is 0 Å². The smallest absolute Gasteiger partial charge is 0.258 e. The second kappa shape index (κ2) is 9.14. The number of amides is 1. The zero-order valence-corrected chi connectivity index (χ0v) is 15.2. The topological polar surface area (TPSA) is 47.6 Å². The Balaban J connectivity index is 1.95. The zero-order chi connectivity index (χ0) is 18.2. The van der Waals surface area contributed by atoms with Gasteiger partial charge >= 0.3 is 0 Å². The average molecular weight is 360 g/mol. The Morgan fingerprint density at radius 2 is 2.04 bits per heavy atom. The summed E-state index contributed by atoms with van der Waals surface area (Å²) < 4.78 is 10.9. The van der Waals surface area contributed by atoms with Gasteiger partial charge in [-0.05, 0) is 42.7 Å². The summed E-state index contributed by atoms with van der Waals surface area (Å²) in [6.45, 7) is 5.49. The van der Waals surface area contributed by atoms with Crippen LogP contribution in [-0.2, 0) is 11.2 Å². The van der Waals surface area contributed by atoms with Crippen molar-refractivity contribution in [2.24, 2.45) is 0 Å². The van der Waals surface area contributed by atoms with Crippen LogP contribution in [-0.4, -0.2) is 19.6 Å². The molecule has 0 aliphatic heterocycles. The van der Waals surface area contributed by atoms with Gasteiger partial charge in [0.25, 0.3) is 5.91 Å². The molecular formula is C20H22ClNO3. The van der Waals surface area contributed by atoms with Crippen LogP contribution in [0.3, 0.4) is 0 Å². The Morgan fingerprint density at radius 1 is 1.28 bits per heavy atom. The van der Waals surface area contributed by atoms with Gasteiger partial charge in [-0.15, -0.1) is 6.58 Å². The van der Waals surface area contributed by atoms with Gasteiger partial charge in [-0.25, -0.2) is 0 Å². The molecular weight excluding hydrogens is 338 g/mol. The molecule has 1 N–H and O–H groups in total. The second-order valence-electron chi connectivity index (χ2n) is 5.58. The van der Waals surface area contributed by atoms with Crippen molar-refractivity contribution in [1.82, 2.24) is 5.32 Å². The van der Waals surface area contributed by atoms with Gasteiger partial charge in [0.15, 0.2) is 18.1 Å². The molecule has 0 saturated heterocycles. The van der Waals surface area contributed by atoms with E-state index in [1.165, 1.54) is 0 Å². The van der Waals surface area contributed by atoms with E-state index in [4.69, 9.17) is 21.1 Å². The molecule has 0 radical (unpaired) electrons. The maximum Gasteiger partial charge on any atom is 0.258 e. The summed E-state index contributed by atoms with van der Waals surface area (Å²) in [6.07, 6.45) is 2.56. The van der Waals surface area contributed by atoms with Crippen LogP contribution in [0, 0.1) is 0 Å². The highest BCUT2D eigenvalue weighted by Gasteiger charge is 2.13. The number of methoxy groups -OCH3 is 1. The number of benzene rings is 2. The summed E-state index contributed by atoms with van der Waals surface area (Å²) >= 11 is 6.15. The predicted octanol–water partition coefficient (Wildman–Crippen LogP) is 4.33. The first-order valence-corrected chi connectivity index (χ1v) is 8.37. The lowest BCUT2D eigenvalue weighted by molar-refractivity contribution is -0.123. The van der Waals surface area contributed by atoms with Crippen molar-refractivity contribution in [2.75, 3.05) is 13.7 Å². The highest BCUT2D eigenvalue weighted by atomic mass is 35.5. The molecule has 2 rings (SSSR count). The van der Waals surface area contributed by atoms with Gasteiger partial charge in [0, 0.05) is 5.02 Å². The van der Waals surface area contributed by atoms with Gasteiger partial charge in [-0.1, -0.05) is 41.9 Å². The molecule has 5 heteroatoms. The lowest BCUT2D eigenvalue weighted by Crippen LogP contribution is -2.31. The minimum atomic E-state index is -0.232. The summed E-state index contributed by atoms with van der Waals surface area (Å²) in [4.78, 5) is 12.1. The van der Waals surface area contributed by atoms with Crippen LogP contribution in [0.1, 0.15) is 24.1 Å². The van der Waals surface area contributed by atoms with Crippen LogP contribution in [0.25, 0.3) is 0 Å². The minimum Gasteiger partial charge on any atom is -0.493 e. The number of rotatable bonds is 8. The van der Waals surface area contributed by atoms with Crippen LogP contribution >= 0.6 is 11.6 Å². The maximum absolute atomic E-state index is 12.1. The Morgan fingerprint density at radius 3 is 2.72 bits per heavy atom. The molecule has 0 aromatic heterocycles.